The van der Waals surface area contributed by atoms with Crippen LogP contribution in [0.3, 0.4) is 0 Å². The van der Waals surface area contributed by atoms with Crippen molar-refractivity contribution >= 4 is 15.9 Å². The number of hydrogen-bond acceptors (Lipinski definition) is 2. The highest BCUT2D eigenvalue weighted by atomic mass is 79.9. The third-order valence-corrected chi connectivity index (χ3v) is 4.22. The van der Waals surface area contributed by atoms with Gasteiger partial charge in [0, 0.05) is 37.2 Å². The molecule has 1 saturated heterocycles. The summed E-state index contributed by atoms with van der Waals surface area (Å²) >= 11 is 3.53. The third-order valence-electron chi connectivity index (χ3n) is 3.73. The van der Waals surface area contributed by atoms with Crippen molar-refractivity contribution in [3.05, 3.63) is 58.6 Å². The summed E-state index contributed by atoms with van der Waals surface area (Å²) in [6, 6.07) is 17.4. The summed E-state index contributed by atoms with van der Waals surface area (Å²) in [5.74, 6) is 0. The highest BCUT2D eigenvalue weighted by Gasteiger charge is 2.09. The van der Waals surface area contributed by atoms with Crippen LogP contribution in [0, 0.1) is 0 Å². The predicted octanol–water partition coefficient (Wildman–Crippen LogP) is 3.52. The Labute approximate surface area is 128 Å². The van der Waals surface area contributed by atoms with Gasteiger partial charge in [-0.3, -0.25) is 4.90 Å². The Balaban J connectivity index is 1.71. The van der Waals surface area contributed by atoms with E-state index in [-0.39, 0.29) is 0 Å². The third kappa shape index (κ3) is 3.48. The van der Waals surface area contributed by atoms with E-state index in [1.807, 2.05) is 0 Å². The van der Waals surface area contributed by atoms with Crippen molar-refractivity contribution < 1.29 is 0 Å². The van der Waals surface area contributed by atoms with Gasteiger partial charge in [0.1, 0.15) is 0 Å². The summed E-state index contributed by atoms with van der Waals surface area (Å²) < 4.78 is 1.12. The minimum absolute atomic E-state index is 1.06. The summed E-state index contributed by atoms with van der Waals surface area (Å²) in [5.41, 5.74) is 3.93. The normalized spacial score (nSPS) is 16.2. The second-order valence-electron chi connectivity index (χ2n) is 5.23. The van der Waals surface area contributed by atoms with Gasteiger partial charge >= 0.3 is 0 Å². The van der Waals surface area contributed by atoms with Crippen LogP contribution in [0.2, 0.25) is 0 Å². The molecule has 1 heterocycles. The standard InChI is InChI=1S/C17H19BrN2/c18-17-3-1-2-16(12-17)15-6-4-14(5-7-15)13-20-10-8-19-9-11-20/h1-7,12,19H,8-11,13H2. The van der Waals surface area contributed by atoms with Crippen LogP contribution in [-0.4, -0.2) is 31.1 Å². The summed E-state index contributed by atoms with van der Waals surface area (Å²) in [5, 5.41) is 3.39. The quantitative estimate of drug-likeness (QED) is 0.926. The fraction of sp³-hybridized carbons (Fsp3) is 0.294. The minimum atomic E-state index is 1.06. The smallest absolute Gasteiger partial charge is 0.0234 e. The topological polar surface area (TPSA) is 15.3 Å². The van der Waals surface area contributed by atoms with Crippen molar-refractivity contribution in [3.63, 3.8) is 0 Å². The molecule has 0 radical (unpaired) electrons. The number of benzene rings is 2. The molecular formula is C17H19BrN2. The zero-order valence-electron chi connectivity index (χ0n) is 11.5. The number of nitrogens with one attached hydrogen (secondary N) is 1. The fourth-order valence-corrected chi connectivity index (χ4v) is 3.00. The van der Waals surface area contributed by atoms with Crippen LogP contribution in [0.4, 0.5) is 0 Å². The largest absolute Gasteiger partial charge is 0.314 e. The number of rotatable bonds is 3. The second kappa shape index (κ2) is 6.53. The molecule has 0 saturated carbocycles. The molecular weight excluding hydrogens is 312 g/mol. The van der Waals surface area contributed by atoms with E-state index in [0.29, 0.717) is 0 Å². The molecule has 0 spiro atoms. The van der Waals surface area contributed by atoms with Crippen LogP contribution in [-0.2, 0) is 6.54 Å². The monoisotopic (exact) mass is 330 g/mol. The van der Waals surface area contributed by atoms with Gasteiger partial charge < -0.3 is 5.32 Å². The van der Waals surface area contributed by atoms with Crippen LogP contribution in [0.5, 0.6) is 0 Å². The molecule has 1 fully saturated rings. The van der Waals surface area contributed by atoms with E-state index in [1.165, 1.54) is 16.7 Å². The van der Waals surface area contributed by atoms with E-state index in [0.717, 1.165) is 37.2 Å². The highest BCUT2D eigenvalue weighted by Crippen LogP contribution is 2.23. The van der Waals surface area contributed by atoms with Crippen LogP contribution in [0.15, 0.2) is 53.0 Å². The maximum absolute atomic E-state index is 3.53. The molecule has 0 bridgehead atoms. The summed E-state index contributed by atoms with van der Waals surface area (Å²) in [6.45, 7) is 5.56. The first kappa shape index (κ1) is 13.8. The molecule has 2 aromatic rings. The van der Waals surface area contributed by atoms with E-state index < -0.39 is 0 Å². The van der Waals surface area contributed by atoms with Gasteiger partial charge in [-0.1, -0.05) is 52.3 Å². The van der Waals surface area contributed by atoms with Crippen molar-refractivity contribution in [2.75, 3.05) is 26.2 Å². The fourth-order valence-electron chi connectivity index (χ4n) is 2.60. The molecule has 2 aromatic carbocycles. The van der Waals surface area contributed by atoms with E-state index >= 15 is 0 Å². The number of hydrogen-bond donors (Lipinski definition) is 1. The number of piperazine rings is 1. The van der Waals surface area contributed by atoms with Crippen LogP contribution in [0.25, 0.3) is 11.1 Å². The van der Waals surface area contributed by atoms with Crippen molar-refractivity contribution in [2.45, 2.75) is 6.54 Å². The lowest BCUT2D eigenvalue weighted by molar-refractivity contribution is 0.233. The lowest BCUT2D eigenvalue weighted by atomic mass is 10.0. The molecule has 1 aliphatic heterocycles. The van der Waals surface area contributed by atoms with E-state index in [9.17, 15) is 0 Å². The van der Waals surface area contributed by atoms with E-state index in [4.69, 9.17) is 0 Å². The Morgan fingerprint density at radius 1 is 0.950 bits per heavy atom. The molecule has 104 valence electrons. The Bertz CT molecular complexity index is 559. The molecule has 0 atom stereocenters. The Morgan fingerprint density at radius 2 is 1.70 bits per heavy atom. The summed E-state index contributed by atoms with van der Waals surface area (Å²) in [4.78, 5) is 2.50. The molecule has 1 aliphatic rings. The molecule has 1 N–H and O–H groups in total. The zero-order chi connectivity index (χ0) is 13.8. The first-order valence-corrected chi connectivity index (χ1v) is 7.88. The maximum atomic E-state index is 3.53. The highest BCUT2D eigenvalue weighted by molar-refractivity contribution is 9.10. The molecule has 0 unspecified atom stereocenters. The average molecular weight is 331 g/mol. The zero-order valence-corrected chi connectivity index (χ0v) is 13.1. The Kier molecular flexibility index (Phi) is 4.51. The van der Waals surface area contributed by atoms with Gasteiger partial charge in [-0.15, -0.1) is 0 Å². The van der Waals surface area contributed by atoms with Gasteiger partial charge in [0.05, 0.1) is 0 Å². The molecule has 0 amide bonds. The lowest BCUT2D eigenvalue weighted by Crippen LogP contribution is -2.42. The van der Waals surface area contributed by atoms with Gasteiger partial charge in [0.25, 0.3) is 0 Å². The van der Waals surface area contributed by atoms with E-state index in [1.54, 1.807) is 0 Å². The minimum Gasteiger partial charge on any atom is -0.314 e. The second-order valence-corrected chi connectivity index (χ2v) is 6.15. The first-order chi connectivity index (χ1) is 9.81. The molecule has 2 nitrogen and oxygen atoms in total. The molecule has 0 aromatic heterocycles. The van der Waals surface area contributed by atoms with Gasteiger partial charge in [0.2, 0.25) is 0 Å². The lowest BCUT2D eigenvalue weighted by Gasteiger charge is -2.27. The molecule has 20 heavy (non-hydrogen) atoms. The van der Waals surface area contributed by atoms with Gasteiger partial charge in [-0.05, 0) is 28.8 Å². The molecule has 0 aliphatic carbocycles. The average Bonchev–Trinajstić information content (AvgIpc) is 2.49. The van der Waals surface area contributed by atoms with Crippen molar-refractivity contribution in [2.24, 2.45) is 0 Å². The molecule has 3 rings (SSSR count). The number of halogens is 1. The van der Waals surface area contributed by atoms with Crippen molar-refractivity contribution in [3.8, 4) is 11.1 Å². The van der Waals surface area contributed by atoms with Gasteiger partial charge in [0.15, 0.2) is 0 Å². The Morgan fingerprint density at radius 3 is 2.40 bits per heavy atom. The first-order valence-electron chi connectivity index (χ1n) is 7.09. The Hall–Kier alpha value is -1.16. The van der Waals surface area contributed by atoms with E-state index in [2.05, 4.69) is 74.7 Å². The number of nitrogens with zero attached hydrogens (tertiary/aromatic N) is 1. The van der Waals surface area contributed by atoms with Crippen LogP contribution in [0.1, 0.15) is 5.56 Å². The summed E-state index contributed by atoms with van der Waals surface area (Å²) in [6.07, 6.45) is 0. The van der Waals surface area contributed by atoms with Gasteiger partial charge in [-0.25, -0.2) is 0 Å². The van der Waals surface area contributed by atoms with Crippen molar-refractivity contribution in [1.29, 1.82) is 0 Å². The summed E-state index contributed by atoms with van der Waals surface area (Å²) in [7, 11) is 0. The van der Waals surface area contributed by atoms with Gasteiger partial charge in [-0.2, -0.15) is 0 Å². The SMILES string of the molecule is Brc1cccc(-c2ccc(CN3CCNCC3)cc2)c1. The van der Waals surface area contributed by atoms with Crippen LogP contribution >= 0.6 is 15.9 Å². The van der Waals surface area contributed by atoms with Crippen molar-refractivity contribution in [1.82, 2.24) is 10.2 Å². The predicted molar refractivity (Wildman–Crippen MR) is 87.7 cm³/mol. The maximum Gasteiger partial charge on any atom is 0.0234 e. The van der Waals surface area contributed by atoms with Crippen LogP contribution < -0.4 is 5.32 Å². The molecule has 3 heteroatoms.